The van der Waals surface area contributed by atoms with Crippen molar-refractivity contribution in [3.05, 3.63) is 27.3 Å². The molecule has 2 rings (SSSR count). The van der Waals surface area contributed by atoms with Gasteiger partial charge in [-0.2, -0.15) is 13.2 Å². The molecule has 0 spiro atoms. The largest absolute Gasteiger partial charge is 0.491 e. The van der Waals surface area contributed by atoms with Gasteiger partial charge in [0.15, 0.2) is 0 Å². The highest BCUT2D eigenvalue weighted by Gasteiger charge is 2.40. The van der Waals surface area contributed by atoms with E-state index in [2.05, 4.69) is 22.6 Å². The summed E-state index contributed by atoms with van der Waals surface area (Å²) < 4.78 is 42.6. The Hall–Kier alpha value is -0.990. The topological polar surface area (TPSA) is 38.3 Å². The zero-order valence-electron chi connectivity index (χ0n) is 9.05. The van der Waals surface area contributed by atoms with Crippen molar-refractivity contribution in [2.45, 2.75) is 18.6 Å². The number of hydrogen-bond acceptors (Lipinski definition) is 2. The lowest BCUT2D eigenvalue weighted by Crippen LogP contribution is -2.48. The Morgan fingerprint density at radius 1 is 1.44 bits per heavy atom. The van der Waals surface area contributed by atoms with E-state index in [0.717, 1.165) is 9.13 Å². The predicted octanol–water partition coefficient (Wildman–Crippen LogP) is 2.27. The predicted molar refractivity (Wildman–Crippen MR) is 66.3 cm³/mol. The van der Waals surface area contributed by atoms with Crippen molar-refractivity contribution < 1.29 is 22.7 Å². The molecule has 0 saturated heterocycles. The third-order valence-corrected chi connectivity index (χ3v) is 3.19. The number of hydrogen-bond donors (Lipinski definition) is 1. The number of ether oxygens (including phenoxy) is 1. The van der Waals surface area contributed by atoms with Gasteiger partial charge in [0, 0.05) is 3.57 Å². The van der Waals surface area contributed by atoms with Gasteiger partial charge in [-0.05, 0) is 52.8 Å². The maximum atomic E-state index is 12.1. The molecule has 7 heteroatoms. The summed E-state index contributed by atoms with van der Waals surface area (Å²) in [6.45, 7) is 0.0510. The van der Waals surface area contributed by atoms with Gasteiger partial charge in [-0.15, -0.1) is 0 Å². The smallest absolute Gasteiger partial charge is 0.471 e. The van der Waals surface area contributed by atoms with Crippen LogP contribution in [0.2, 0.25) is 0 Å². The molecule has 0 bridgehead atoms. The summed E-state index contributed by atoms with van der Waals surface area (Å²) in [6, 6.07) is 4.82. The number of halogens is 4. The van der Waals surface area contributed by atoms with Gasteiger partial charge in [-0.3, -0.25) is 4.79 Å². The Kier molecular flexibility index (Phi) is 3.69. The molecule has 18 heavy (non-hydrogen) atoms. The number of benzene rings is 1. The summed E-state index contributed by atoms with van der Waals surface area (Å²) in [6.07, 6.45) is -4.51. The highest BCUT2D eigenvalue weighted by atomic mass is 127. The van der Waals surface area contributed by atoms with Crippen LogP contribution in [0.5, 0.6) is 5.75 Å². The van der Waals surface area contributed by atoms with E-state index in [-0.39, 0.29) is 6.61 Å². The first-order valence-corrected chi connectivity index (χ1v) is 6.23. The number of nitrogens with one attached hydrogen (secondary N) is 1. The van der Waals surface area contributed by atoms with Crippen LogP contribution in [0.3, 0.4) is 0 Å². The summed E-state index contributed by atoms with van der Waals surface area (Å²) in [5, 5.41) is 1.93. The lowest BCUT2D eigenvalue weighted by Gasteiger charge is -2.26. The monoisotopic (exact) mass is 371 g/mol. The number of amides is 1. The van der Waals surface area contributed by atoms with Gasteiger partial charge in [-0.1, -0.05) is 0 Å². The molecule has 1 amide bonds. The first-order chi connectivity index (χ1) is 8.36. The second-order valence-corrected chi connectivity index (χ2v) is 5.18. The fraction of sp³-hybridized carbons (Fsp3) is 0.364. The van der Waals surface area contributed by atoms with Crippen molar-refractivity contribution in [2.24, 2.45) is 0 Å². The molecule has 0 unspecified atom stereocenters. The van der Waals surface area contributed by atoms with Gasteiger partial charge in [0.05, 0.1) is 6.04 Å². The molecule has 1 heterocycles. The van der Waals surface area contributed by atoms with Crippen molar-refractivity contribution >= 4 is 28.5 Å². The van der Waals surface area contributed by atoms with Crippen molar-refractivity contribution in [3.8, 4) is 5.75 Å². The first kappa shape index (κ1) is 13.4. The average molecular weight is 371 g/mol. The highest BCUT2D eigenvalue weighted by molar-refractivity contribution is 14.1. The second kappa shape index (κ2) is 4.94. The molecule has 98 valence electrons. The summed E-state index contributed by atoms with van der Waals surface area (Å²) >= 11 is 2.11. The zero-order chi connectivity index (χ0) is 13.3. The van der Waals surface area contributed by atoms with Gasteiger partial charge < -0.3 is 10.1 Å². The third-order valence-electron chi connectivity index (χ3n) is 2.52. The van der Waals surface area contributed by atoms with Crippen LogP contribution in [-0.2, 0) is 11.2 Å². The Bertz CT molecular complexity index is 476. The Morgan fingerprint density at radius 2 is 2.17 bits per heavy atom. The van der Waals surface area contributed by atoms with E-state index in [4.69, 9.17) is 4.74 Å². The molecule has 1 aromatic rings. The van der Waals surface area contributed by atoms with Gasteiger partial charge in [-0.25, -0.2) is 0 Å². The zero-order valence-corrected chi connectivity index (χ0v) is 11.2. The Labute approximate surface area is 115 Å². The fourth-order valence-corrected chi connectivity index (χ4v) is 2.28. The van der Waals surface area contributed by atoms with Crippen LogP contribution in [0, 0.1) is 3.57 Å². The van der Waals surface area contributed by atoms with Crippen molar-refractivity contribution in [3.63, 3.8) is 0 Å². The van der Waals surface area contributed by atoms with Gasteiger partial charge >= 0.3 is 12.1 Å². The molecule has 1 N–H and O–H groups in total. The Morgan fingerprint density at radius 3 is 2.83 bits per heavy atom. The summed E-state index contributed by atoms with van der Waals surface area (Å²) in [7, 11) is 0. The Balaban J connectivity index is 2.06. The van der Waals surface area contributed by atoms with E-state index in [1.807, 2.05) is 17.4 Å². The van der Waals surface area contributed by atoms with Crippen molar-refractivity contribution in [1.29, 1.82) is 0 Å². The van der Waals surface area contributed by atoms with Crippen LogP contribution in [0.1, 0.15) is 5.56 Å². The van der Waals surface area contributed by atoms with E-state index in [9.17, 15) is 18.0 Å². The normalized spacial score (nSPS) is 18.8. The average Bonchev–Trinajstić information content (AvgIpc) is 2.27. The van der Waals surface area contributed by atoms with Gasteiger partial charge in [0.25, 0.3) is 0 Å². The highest BCUT2D eigenvalue weighted by Crippen LogP contribution is 2.26. The standard InChI is InChI=1S/C11H9F3INO2/c12-11(13,14)10(17)16-8-4-6-3-7(15)1-2-9(6)18-5-8/h1-3,8H,4-5H2,(H,16,17)/t8-/m1/s1. The maximum absolute atomic E-state index is 12.1. The van der Waals surface area contributed by atoms with E-state index in [0.29, 0.717) is 12.2 Å². The maximum Gasteiger partial charge on any atom is 0.471 e. The minimum absolute atomic E-state index is 0.0510. The number of rotatable bonds is 1. The molecule has 0 fully saturated rings. The molecule has 1 aliphatic rings. The lowest BCUT2D eigenvalue weighted by atomic mass is 10.0. The molecule has 3 nitrogen and oxygen atoms in total. The summed E-state index contributed by atoms with van der Waals surface area (Å²) in [5.74, 6) is -1.27. The minimum Gasteiger partial charge on any atom is -0.491 e. The van der Waals surface area contributed by atoms with Crippen molar-refractivity contribution in [1.82, 2.24) is 5.32 Å². The lowest BCUT2D eigenvalue weighted by molar-refractivity contribution is -0.174. The molecule has 0 aromatic heterocycles. The van der Waals surface area contributed by atoms with Crippen LogP contribution in [0.4, 0.5) is 13.2 Å². The number of fused-ring (bicyclic) bond motifs is 1. The summed E-state index contributed by atoms with van der Waals surface area (Å²) in [5.41, 5.74) is 0.806. The molecule has 1 aliphatic heterocycles. The van der Waals surface area contributed by atoms with E-state index in [1.165, 1.54) is 0 Å². The molecular formula is C11H9F3INO2. The van der Waals surface area contributed by atoms with Crippen LogP contribution in [0.15, 0.2) is 18.2 Å². The first-order valence-electron chi connectivity index (χ1n) is 5.15. The quantitative estimate of drug-likeness (QED) is 0.770. The van der Waals surface area contributed by atoms with Crippen LogP contribution >= 0.6 is 22.6 Å². The third kappa shape index (κ3) is 3.06. The minimum atomic E-state index is -4.86. The molecule has 1 atom stereocenters. The molecular weight excluding hydrogens is 362 g/mol. The SMILES string of the molecule is O=C(N[C@H]1COc2ccc(I)cc2C1)C(F)(F)F. The number of carbonyl (C=O) groups is 1. The van der Waals surface area contributed by atoms with Crippen molar-refractivity contribution in [2.75, 3.05) is 6.61 Å². The van der Waals surface area contributed by atoms with E-state index >= 15 is 0 Å². The number of alkyl halides is 3. The summed E-state index contributed by atoms with van der Waals surface area (Å²) in [4.78, 5) is 10.8. The molecule has 0 saturated carbocycles. The number of carbonyl (C=O) groups excluding carboxylic acids is 1. The molecule has 0 aliphatic carbocycles. The molecule has 0 radical (unpaired) electrons. The van der Waals surface area contributed by atoms with E-state index < -0.39 is 18.1 Å². The van der Waals surface area contributed by atoms with Crippen LogP contribution < -0.4 is 10.1 Å². The molecule has 1 aromatic carbocycles. The van der Waals surface area contributed by atoms with E-state index in [1.54, 1.807) is 6.07 Å². The van der Waals surface area contributed by atoms with Gasteiger partial charge in [0.1, 0.15) is 12.4 Å². The fourth-order valence-electron chi connectivity index (χ4n) is 1.72. The van der Waals surface area contributed by atoms with Gasteiger partial charge in [0.2, 0.25) is 0 Å². The van der Waals surface area contributed by atoms with Crippen LogP contribution in [-0.4, -0.2) is 24.7 Å². The second-order valence-electron chi connectivity index (χ2n) is 3.94. The van der Waals surface area contributed by atoms with Crippen LogP contribution in [0.25, 0.3) is 0 Å².